The first-order valence-corrected chi connectivity index (χ1v) is 7.89. The number of carboxylic acids is 1. The van der Waals surface area contributed by atoms with Gasteiger partial charge < -0.3 is 10.4 Å². The monoisotopic (exact) mass is 372 g/mol. The molecule has 0 fully saturated rings. The molecule has 0 saturated carbocycles. The van der Waals surface area contributed by atoms with Crippen molar-refractivity contribution in [1.29, 1.82) is 0 Å². The fraction of sp³-hybridized carbons (Fsp3) is 0.0556. The maximum Gasteiger partial charge on any atom is 0.341 e. The summed E-state index contributed by atoms with van der Waals surface area (Å²) in [6.07, 6.45) is 2.74. The number of nitrogens with one attached hydrogen (secondary N) is 2. The third-order valence-electron chi connectivity index (χ3n) is 3.70. The first-order chi connectivity index (χ1) is 12.4. The molecule has 0 saturated heterocycles. The van der Waals surface area contributed by atoms with Crippen LogP contribution in [-0.2, 0) is 0 Å². The number of rotatable bonds is 5. The highest BCUT2D eigenvalue weighted by Gasteiger charge is 2.16. The second-order valence-electron chi connectivity index (χ2n) is 5.61. The molecule has 0 unspecified atom stereocenters. The summed E-state index contributed by atoms with van der Waals surface area (Å²) in [5.41, 5.74) is 2.42. The number of aromatic amines is 1. The second kappa shape index (κ2) is 6.97. The van der Waals surface area contributed by atoms with Crippen LogP contribution in [0.1, 0.15) is 22.8 Å². The Bertz CT molecular complexity index is 1020. The number of carboxylic acid groups (broad SMARTS) is 1. The summed E-state index contributed by atoms with van der Waals surface area (Å²) in [5.74, 6) is -1.40. The average molecular weight is 373 g/mol. The van der Waals surface area contributed by atoms with E-state index in [2.05, 4.69) is 27.1 Å². The number of pyridine rings is 1. The fourth-order valence-corrected chi connectivity index (χ4v) is 2.59. The largest absolute Gasteiger partial charge is 0.477 e. The van der Waals surface area contributed by atoms with Crippen LogP contribution < -0.4 is 5.32 Å². The summed E-state index contributed by atoms with van der Waals surface area (Å²) < 4.78 is 14.2. The van der Waals surface area contributed by atoms with Crippen molar-refractivity contribution in [3.05, 3.63) is 65.2 Å². The molecule has 3 aromatic rings. The Hall–Kier alpha value is -3.19. The molecular weight excluding hydrogens is 359 g/mol. The Kier molecular flexibility index (Phi) is 4.73. The van der Waals surface area contributed by atoms with Gasteiger partial charge in [-0.2, -0.15) is 5.10 Å². The number of allylic oxidation sites excluding steroid dienone is 1. The van der Waals surface area contributed by atoms with Gasteiger partial charge in [-0.25, -0.2) is 9.18 Å². The molecule has 1 aromatic carbocycles. The molecule has 6 nitrogen and oxygen atoms in total. The van der Waals surface area contributed by atoms with Crippen LogP contribution in [0.25, 0.3) is 16.8 Å². The first-order valence-electron chi connectivity index (χ1n) is 7.52. The molecule has 3 N–H and O–H groups in total. The third-order valence-corrected chi connectivity index (χ3v) is 3.93. The third kappa shape index (κ3) is 3.43. The van der Waals surface area contributed by atoms with Gasteiger partial charge >= 0.3 is 5.97 Å². The van der Waals surface area contributed by atoms with Crippen LogP contribution in [0, 0.1) is 5.82 Å². The molecule has 26 heavy (non-hydrogen) atoms. The first kappa shape index (κ1) is 17.6. The lowest BCUT2D eigenvalue weighted by molar-refractivity contribution is 0.0698. The van der Waals surface area contributed by atoms with E-state index in [1.165, 1.54) is 30.6 Å². The van der Waals surface area contributed by atoms with E-state index in [4.69, 9.17) is 11.6 Å². The Labute approximate surface area is 153 Å². The van der Waals surface area contributed by atoms with E-state index in [0.717, 1.165) is 0 Å². The normalized spacial score (nSPS) is 10.6. The van der Waals surface area contributed by atoms with Crippen LogP contribution in [0.15, 0.2) is 43.2 Å². The minimum absolute atomic E-state index is 0.0232. The number of halogens is 2. The van der Waals surface area contributed by atoms with Crippen molar-refractivity contribution in [2.45, 2.75) is 6.92 Å². The fourth-order valence-electron chi connectivity index (χ4n) is 2.42. The topological polar surface area (TPSA) is 90.9 Å². The van der Waals surface area contributed by atoms with Gasteiger partial charge in [0, 0.05) is 22.3 Å². The summed E-state index contributed by atoms with van der Waals surface area (Å²) in [4.78, 5) is 15.5. The molecule has 0 radical (unpaired) electrons. The Morgan fingerprint density at radius 1 is 1.31 bits per heavy atom. The molecule has 8 heteroatoms. The molecule has 2 heterocycles. The minimum Gasteiger partial charge on any atom is -0.477 e. The van der Waals surface area contributed by atoms with Gasteiger partial charge in [-0.1, -0.05) is 18.2 Å². The van der Waals surface area contributed by atoms with Gasteiger partial charge in [-0.15, -0.1) is 0 Å². The zero-order valence-electron chi connectivity index (χ0n) is 13.7. The summed E-state index contributed by atoms with van der Waals surface area (Å²) in [6.45, 7) is 5.67. The number of nitrogens with zero attached hydrogens (tertiary/aromatic N) is 2. The van der Waals surface area contributed by atoms with Gasteiger partial charge in [0.1, 0.15) is 17.2 Å². The maximum atomic E-state index is 14.2. The smallest absolute Gasteiger partial charge is 0.341 e. The van der Waals surface area contributed by atoms with E-state index in [-0.39, 0.29) is 16.9 Å². The molecule has 2 aromatic heterocycles. The predicted molar refractivity (Wildman–Crippen MR) is 98.2 cm³/mol. The van der Waals surface area contributed by atoms with Gasteiger partial charge in [-0.05, 0) is 36.8 Å². The van der Waals surface area contributed by atoms with Crippen molar-refractivity contribution >= 4 is 34.6 Å². The zero-order chi connectivity index (χ0) is 18.8. The van der Waals surface area contributed by atoms with Crippen molar-refractivity contribution in [1.82, 2.24) is 15.2 Å². The summed E-state index contributed by atoms with van der Waals surface area (Å²) in [7, 11) is 0. The zero-order valence-corrected chi connectivity index (χ0v) is 14.4. The molecular formula is C18H14ClFN4O2. The quantitative estimate of drug-likeness (QED) is 0.601. The molecule has 3 rings (SSSR count). The Morgan fingerprint density at radius 3 is 2.77 bits per heavy atom. The van der Waals surface area contributed by atoms with E-state index >= 15 is 0 Å². The van der Waals surface area contributed by atoms with E-state index in [1.807, 2.05) is 0 Å². The molecule has 0 atom stereocenters. The number of anilines is 2. The second-order valence-corrected chi connectivity index (χ2v) is 6.04. The van der Waals surface area contributed by atoms with Crippen molar-refractivity contribution in [2.24, 2.45) is 0 Å². The summed E-state index contributed by atoms with van der Waals surface area (Å²) in [5, 5.41) is 18.9. The Morgan fingerprint density at radius 2 is 2.08 bits per heavy atom. The van der Waals surface area contributed by atoms with Crippen molar-refractivity contribution in [3.63, 3.8) is 0 Å². The molecule has 0 bridgehead atoms. The molecule has 0 aliphatic carbocycles. The van der Waals surface area contributed by atoms with Crippen molar-refractivity contribution < 1.29 is 14.3 Å². The van der Waals surface area contributed by atoms with E-state index in [0.29, 0.717) is 27.5 Å². The van der Waals surface area contributed by atoms with Crippen LogP contribution >= 0.6 is 11.6 Å². The molecule has 0 aliphatic rings. The van der Waals surface area contributed by atoms with Crippen LogP contribution in [0.2, 0.25) is 5.02 Å². The SMILES string of the molecule is C=C(C)c1cnc(-c2cc(Cl)ccc2F)cc1Nc1[nH]ncc1C(=O)O. The van der Waals surface area contributed by atoms with Crippen LogP contribution in [0.3, 0.4) is 0 Å². The number of benzene rings is 1. The van der Waals surface area contributed by atoms with Gasteiger partial charge in [-0.3, -0.25) is 10.1 Å². The van der Waals surface area contributed by atoms with E-state index in [1.54, 1.807) is 13.0 Å². The lowest BCUT2D eigenvalue weighted by Crippen LogP contribution is -2.03. The van der Waals surface area contributed by atoms with Gasteiger partial charge in [0.25, 0.3) is 0 Å². The van der Waals surface area contributed by atoms with Crippen LogP contribution in [0.4, 0.5) is 15.9 Å². The standard InChI is InChI=1S/C18H14ClFN4O2/c1-9(2)12-7-21-15(11-5-10(19)3-4-14(11)20)6-16(12)23-17-13(18(25)26)8-22-24-17/h3-8H,1H2,2H3,(H,25,26)(H2,21,22,23,24). The lowest BCUT2D eigenvalue weighted by Gasteiger charge is -2.13. The predicted octanol–water partition coefficient (Wildman–Crippen LogP) is 4.74. The van der Waals surface area contributed by atoms with Crippen molar-refractivity contribution in [2.75, 3.05) is 5.32 Å². The number of carbonyl (C=O) groups is 1. The highest BCUT2D eigenvalue weighted by atomic mass is 35.5. The summed E-state index contributed by atoms with van der Waals surface area (Å²) in [6, 6.07) is 5.79. The Balaban J connectivity index is 2.10. The number of hydrogen-bond donors (Lipinski definition) is 3. The van der Waals surface area contributed by atoms with Crippen molar-refractivity contribution in [3.8, 4) is 11.3 Å². The lowest BCUT2D eigenvalue weighted by atomic mass is 10.0. The number of H-pyrrole nitrogens is 1. The molecule has 0 spiro atoms. The van der Waals surface area contributed by atoms with Crippen LogP contribution in [0.5, 0.6) is 0 Å². The average Bonchev–Trinajstić information content (AvgIpc) is 3.05. The highest BCUT2D eigenvalue weighted by molar-refractivity contribution is 6.30. The van der Waals surface area contributed by atoms with E-state index < -0.39 is 11.8 Å². The molecule has 0 aliphatic heterocycles. The van der Waals surface area contributed by atoms with Gasteiger partial charge in [0.05, 0.1) is 17.6 Å². The summed E-state index contributed by atoms with van der Waals surface area (Å²) >= 11 is 5.96. The molecule has 0 amide bonds. The van der Waals surface area contributed by atoms with Gasteiger partial charge in [0.2, 0.25) is 0 Å². The number of aromatic carboxylic acids is 1. The maximum absolute atomic E-state index is 14.2. The number of hydrogen-bond acceptors (Lipinski definition) is 4. The number of aromatic nitrogens is 3. The van der Waals surface area contributed by atoms with E-state index in [9.17, 15) is 14.3 Å². The highest BCUT2D eigenvalue weighted by Crippen LogP contribution is 2.32. The molecule has 132 valence electrons. The van der Waals surface area contributed by atoms with Crippen LogP contribution in [-0.4, -0.2) is 26.3 Å². The van der Waals surface area contributed by atoms with Gasteiger partial charge in [0.15, 0.2) is 0 Å². The minimum atomic E-state index is -1.13.